The van der Waals surface area contributed by atoms with Crippen molar-refractivity contribution in [3.05, 3.63) is 0 Å². The maximum Gasteiger partial charge on any atom is 0.193 e. The highest BCUT2D eigenvalue weighted by Gasteiger charge is 2.42. The minimum Gasteiger partial charge on any atom is -0.381 e. The third-order valence-corrected chi connectivity index (χ3v) is 8.13. The van der Waals surface area contributed by atoms with E-state index in [1.54, 1.807) is 7.05 Å². The lowest BCUT2D eigenvalue weighted by Gasteiger charge is -2.37. The lowest BCUT2D eigenvalue weighted by Crippen LogP contribution is -2.54. The molecular formula is C18H36IN3O3S. The van der Waals surface area contributed by atoms with Crippen LogP contribution in [0.5, 0.6) is 0 Å². The lowest BCUT2D eigenvalue weighted by atomic mass is 9.83. The molecule has 1 N–H and O–H groups in total. The molecule has 8 heteroatoms. The molecule has 0 radical (unpaired) electrons. The molecule has 26 heavy (non-hydrogen) atoms. The van der Waals surface area contributed by atoms with Crippen LogP contribution in [0, 0.1) is 11.8 Å². The quantitative estimate of drug-likeness (QED) is 0.356. The summed E-state index contributed by atoms with van der Waals surface area (Å²) in [6.45, 7) is 4.71. The van der Waals surface area contributed by atoms with Gasteiger partial charge in [0.25, 0.3) is 0 Å². The Morgan fingerprint density at radius 2 is 1.81 bits per heavy atom. The average molecular weight is 501 g/mol. The zero-order valence-electron chi connectivity index (χ0n) is 16.7. The summed E-state index contributed by atoms with van der Waals surface area (Å²) in [5.41, 5.74) is 0. The van der Waals surface area contributed by atoms with Gasteiger partial charge in [0, 0.05) is 46.7 Å². The van der Waals surface area contributed by atoms with Crippen LogP contribution in [-0.2, 0) is 14.6 Å². The minimum absolute atomic E-state index is 0. The number of sulfone groups is 1. The molecule has 0 aromatic rings. The highest BCUT2D eigenvalue weighted by molar-refractivity contribution is 14.0. The molecule has 154 valence electrons. The van der Waals surface area contributed by atoms with Crippen molar-refractivity contribution in [2.75, 3.05) is 46.7 Å². The van der Waals surface area contributed by atoms with Gasteiger partial charge in [0.1, 0.15) is 0 Å². The van der Waals surface area contributed by atoms with E-state index in [9.17, 15) is 8.42 Å². The second-order valence-electron chi connectivity index (χ2n) is 7.97. The minimum atomic E-state index is -3.17. The van der Waals surface area contributed by atoms with Gasteiger partial charge in [0.05, 0.1) is 4.75 Å². The van der Waals surface area contributed by atoms with Crippen LogP contribution in [0.3, 0.4) is 0 Å². The molecule has 0 spiro atoms. The summed E-state index contributed by atoms with van der Waals surface area (Å²) in [5.74, 6) is 2.34. The molecule has 0 amide bonds. The van der Waals surface area contributed by atoms with E-state index in [2.05, 4.69) is 22.1 Å². The van der Waals surface area contributed by atoms with Crippen molar-refractivity contribution in [1.82, 2.24) is 10.2 Å². The van der Waals surface area contributed by atoms with Crippen molar-refractivity contribution in [3.8, 4) is 0 Å². The Hall–Kier alpha value is -0.0900. The van der Waals surface area contributed by atoms with Gasteiger partial charge in [-0.1, -0.05) is 19.8 Å². The second kappa shape index (κ2) is 10.5. The van der Waals surface area contributed by atoms with E-state index in [4.69, 9.17) is 4.74 Å². The van der Waals surface area contributed by atoms with Crippen molar-refractivity contribution in [1.29, 1.82) is 0 Å². The fraction of sp³-hybridized carbons (Fsp3) is 0.944. The van der Waals surface area contributed by atoms with Gasteiger partial charge in [0.2, 0.25) is 0 Å². The van der Waals surface area contributed by atoms with Crippen molar-refractivity contribution < 1.29 is 13.2 Å². The normalized spacial score (nSPS) is 26.7. The third-order valence-electron chi connectivity index (χ3n) is 6.00. The maximum absolute atomic E-state index is 12.4. The summed E-state index contributed by atoms with van der Waals surface area (Å²) in [7, 11) is 0.642. The van der Waals surface area contributed by atoms with Crippen LogP contribution in [0.4, 0.5) is 0 Å². The zero-order valence-corrected chi connectivity index (χ0v) is 19.8. The van der Waals surface area contributed by atoms with Gasteiger partial charge >= 0.3 is 0 Å². The predicted octanol–water partition coefficient (Wildman–Crippen LogP) is 2.53. The number of ether oxygens (including phenoxy) is 1. The van der Waals surface area contributed by atoms with E-state index < -0.39 is 14.6 Å². The van der Waals surface area contributed by atoms with Crippen LogP contribution in [0.2, 0.25) is 0 Å². The molecule has 1 heterocycles. The molecule has 6 nitrogen and oxygen atoms in total. The first-order valence-electron chi connectivity index (χ1n) is 9.46. The first-order chi connectivity index (χ1) is 11.8. The van der Waals surface area contributed by atoms with E-state index in [0.29, 0.717) is 38.5 Å². The number of rotatable bonds is 5. The Morgan fingerprint density at radius 1 is 1.23 bits per heavy atom. The highest BCUT2D eigenvalue weighted by Crippen LogP contribution is 2.30. The standard InChI is InChI=1S/C18H35N3O3S.HI/c1-15-5-7-16(8-6-15)13-21(3)17(19-2)20-14-18(25(4,22)23)9-11-24-12-10-18;/h15-16H,5-14H2,1-4H3,(H,19,20);1H. The number of nitrogens with one attached hydrogen (secondary N) is 1. The monoisotopic (exact) mass is 501 g/mol. The molecule has 1 saturated carbocycles. The molecule has 2 rings (SSSR count). The summed E-state index contributed by atoms with van der Waals surface area (Å²) >= 11 is 0. The van der Waals surface area contributed by atoms with E-state index in [0.717, 1.165) is 18.4 Å². The van der Waals surface area contributed by atoms with Gasteiger partial charge < -0.3 is 15.0 Å². The topological polar surface area (TPSA) is 71.0 Å². The van der Waals surface area contributed by atoms with Crippen molar-refractivity contribution in [2.45, 2.75) is 50.2 Å². The van der Waals surface area contributed by atoms with Crippen LogP contribution in [0.25, 0.3) is 0 Å². The molecule has 0 aromatic carbocycles. The molecule has 0 atom stereocenters. The molecule has 1 saturated heterocycles. The largest absolute Gasteiger partial charge is 0.381 e. The van der Waals surface area contributed by atoms with E-state index in [-0.39, 0.29) is 24.0 Å². The molecule has 0 unspecified atom stereocenters. The molecule has 0 aromatic heterocycles. The lowest BCUT2D eigenvalue weighted by molar-refractivity contribution is 0.0754. The van der Waals surface area contributed by atoms with Crippen LogP contribution < -0.4 is 5.32 Å². The van der Waals surface area contributed by atoms with Gasteiger partial charge in [-0.15, -0.1) is 24.0 Å². The number of hydrogen-bond acceptors (Lipinski definition) is 4. The number of guanidine groups is 1. The Bertz CT molecular complexity index is 554. The predicted molar refractivity (Wildman–Crippen MR) is 118 cm³/mol. The number of hydrogen-bond donors (Lipinski definition) is 1. The van der Waals surface area contributed by atoms with Gasteiger partial charge in [-0.2, -0.15) is 0 Å². The van der Waals surface area contributed by atoms with Crippen LogP contribution in [0.1, 0.15) is 45.4 Å². The first-order valence-corrected chi connectivity index (χ1v) is 11.4. The zero-order chi connectivity index (χ0) is 18.5. The highest BCUT2D eigenvalue weighted by atomic mass is 127. The summed E-state index contributed by atoms with van der Waals surface area (Å²) in [4.78, 5) is 6.52. The molecular weight excluding hydrogens is 465 g/mol. The maximum atomic E-state index is 12.4. The number of nitrogens with zero attached hydrogens (tertiary/aromatic N) is 2. The summed E-state index contributed by atoms with van der Waals surface area (Å²) < 4.78 is 29.4. The van der Waals surface area contributed by atoms with Crippen LogP contribution in [0.15, 0.2) is 4.99 Å². The van der Waals surface area contributed by atoms with Crippen molar-refractivity contribution >= 4 is 39.8 Å². The van der Waals surface area contributed by atoms with Gasteiger partial charge in [0.15, 0.2) is 15.8 Å². The smallest absolute Gasteiger partial charge is 0.193 e. The fourth-order valence-electron chi connectivity index (χ4n) is 4.03. The van der Waals surface area contributed by atoms with Gasteiger partial charge in [-0.05, 0) is 37.5 Å². The van der Waals surface area contributed by atoms with Crippen LogP contribution in [-0.4, -0.2) is 70.7 Å². The Morgan fingerprint density at radius 3 is 2.31 bits per heavy atom. The van der Waals surface area contributed by atoms with Gasteiger partial charge in [-0.25, -0.2) is 8.42 Å². The first kappa shape index (κ1) is 23.9. The van der Waals surface area contributed by atoms with E-state index in [1.807, 2.05) is 7.05 Å². The van der Waals surface area contributed by atoms with Crippen molar-refractivity contribution in [3.63, 3.8) is 0 Å². The summed E-state index contributed by atoms with van der Waals surface area (Å²) in [6.07, 6.45) is 7.58. The average Bonchev–Trinajstić information content (AvgIpc) is 2.57. The third kappa shape index (κ3) is 6.22. The summed E-state index contributed by atoms with van der Waals surface area (Å²) in [6, 6.07) is 0. The fourth-order valence-corrected chi connectivity index (χ4v) is 5.27. The van der Waals surface area contributed by atoms with Crippen LogP contribution >= 0.6 is 24.0 Å². The van der Waals surface area contributed by atoms with E-state index in [1.165, 1.54) is 31.9 Å². The molecule has 1 aliphatic heterocycles. The molecule has 1 aliphatic carbocycles. The molecule has 2 aliphatic rings. The molecule has 0 bridgehead atoms. The summed E-state index contributed by atoms with van der Waals surface area (Å²) in [5, 5.41) is 3.33. The Kier molecular flexibility index (Phi) is 9.63. The number of aliphatic imine (C=N–C) groups is 1. The Labute approximate surface area is 176 Å². The van der Waals surface area contributed by atoms with Gasteiger partial charge in [-0.3, -0.25) is 4.99 Å². The SMILES string of the molecule is CN=C(NCC1(S(C)(=O)=O)CCOCC1)N(C)CC1CCC(C)CC1.I. The molecule has 2 fully saturated rings. The van der Waals surface area contributed by atoms with E-state index >= 15 is 0 Å². The second-order valence-corrected chi connectivity index (χ2v) is 10.4. The number of halogens is 1. The van der Waals surface area contributed by atoms with Crippen molar-refractivity contribution in [2.24, 2.45) is 16.8 Å². The Balaban J connectivity index is 0.00000338.